The Morgan fingerprint density at radius 2 is 1.58 bits per heavy atom. The zero-order valence-electron chi connectivity index (χ0n) is 11.3. The monoisotopic (exact) mass is 259 g/mol. The van der Waals surface area contributed by atoms with Crippen molar-refractivity contribution in [3.63, 3.8) is 0 Å². The summed E-state index contributed by atoms with van der Waals surface area (Å²) >= 11 is 0. The molecule has 0 aromatic heterocycles. The highest BCUT2D eigenvalue weighted by molar-refractivity contribution is 6.45. The predicted molar refractivity (Wildman–Crippen MR) is 72.6 cm³/mol. The molecule has 0 aliphatic carbocycles. The fraction of sp³-hybridized carbons (Fsp3) is 0.267. The van der Waals surface area contributed by atoms with Crippen molar-refractivity contribution in [2.45, 2.75) is 26.8 Å². The highest BCUT2D eigenvalue weighted by Crippen LogP contribution is 2.10. The van der Waals surface area contributed by atoms with Gasteiger partial charge in [-0.1, -0.05) is 36.9 Å². The Morgan fingerprint density at radius 1 is 1.05 bits per heavy atom. The molecule has 0 heterocycles. The van der Waals surface area contributed by atoms with Crippen LogP contribution in [-0.2, 0) is 9.59 Å². The summed E-state index contributed by atoms with van der Waals surface area (Å²) in [6.45, 7) is 8.39. The van der Waals surface area contributed by atoms with E-state index in [1.807, 2.05) is 0 Å². The van der Waals surface area contributed by atoms with Crippen LogP contribution in [0.5, 0.6) is 0 Å². The highest BCUT2D eigenvalue weighted by atomic mass is 16.2. The van der Waals surface area contributed by atoms with Crippen molar-refractivity contribution in [1.29, 1.82) is 0 Å². The number of carbonyl (C=O) groups excluding carboxylic acids is 3. The van der Waals surface area contributed by atoms with Gasteiger partial charge in [0, 0.05) is 17.2 Å². The second kappa shape index (κ2) is 6.09. The van der Waals surface area contributed by atoms with Crippen LogP contribution in [0.4, 0.5) is 0 Å². The molecular formula is C15H17NO3. The summed E-state index contributed by atoms with van der Waals surface area (Å²) < 4.78 is 0. The van der Waals surface area contributed by atoms with Crippen molar-refractivity contribution >= 4 is 17.6 Å². The van der Waals surface area contributed by atoms with E-state index in [0.29, 0.717) is 0 Å². The van der Waals surface area contributed by atoms with Gasteiger partial charge in [0.05, 0.1) is 0 Å². The van der Waals surface area contributed by atoms with E-state index >= 15 is 0 Å². The number of rotatable bonds is 4. The molecule has 1 aromatic rings. The average molecular weight is 259 g/mol. The van der Waals surface area contributed by atoms with Gasteiger partial charge in [-0.15, -0.1) is 0 Å². The van der Waals surface area contributed by atoms with E-state index in [1.165, 1.54) is 6.92 Å². The van der Waals surface area contributed by atoms with Gasteiger partial charge < -0.3 is 0 Å². The molecule has 0 fully saturated rings. The number of Topliss-reactive ketones (excluding diaryl/α,β-unsaturated/α-hetero) is 1. The van der Waals surface area contributed by atoms with Gasteiger partial charge in [-0.2, -0.15) is 0 Å². The Balaban J connectivity index is 3.05. The third kappa shape index (κ3) is 3.37. The number of ketones is 1. The summed E-state index contributed by atoms with van der Waals surface area (Å²) in [7, 11) is 0. The van der Waals surface area contributed by atoms with Crippen molar-refractivity contribution in [2.75, 3.05) is 0 Å². The van der Waals surface area contributed by atoms with E-state index in [2.05, 4.69) is 6.58 Å². The van der Waals surface area contributed by atoms with Gasteiger partial charge in [-0.05, 0) is 20.8 Å². The van der Waals surface area contributed by atoms with E-state index < -0.39 is 23.6 Å². The molecule has 1 rings (SSSR count). The highest BCUT2D eigenvalue weighted by Gasteiger charge is 2.30. The first kappa shape index (κ1) is 14.8. The van der Waals surface area contributed by atoms with Gasteiger partial charge in [0.15, 0.2) is 0 Å². The molecule has 0 aliphatic rings. The van der Waals surface area contributed by atoms with Crippen molar-refractivity contribution in [1.82, 2.24) is 4.90 Å². The van der Waals surface area contributed by atoms with Gasteiger partial charge in [-0.3, -0.25) is 19.3 Å². The number of imide groups is 1. The van der Waals surface area contributed by atoms with E-state index in [4.69, 9.17) is 0 Å². The van der Waals surface area contributed by atoms with E-state index in [1.54, 1.807) is 44.2 Å². The third-order valence-corrected chi connectivity index (χ3v) is 2.55. The van der Waals surface area contributed by atoms with E-state index in [9.17, 15) is 14.4 Å². The van der Waals surface area contributed by atoms with Gasteiger partial charge in [0.1, 0.15) is 0 Å². The van der Waals surface area contributed by atoms with Crippen LogP contribution < -0.4 is 0 Å². The summed E-state index contributed by atoms with van der Waals surface area (Å²) in [5, 5.41) is 0. The SMILES string of the molecule is C=C(C)C(=O)N(C(=O)C(=O)c1ccccc1)C(C)C. The average Bonchev–Trinajstić information content (AvgIpc) is 2.38. The number of amides is 2. The minimum Gasteiger partial charge on any atom is -0.283 e. The number of hydrogen-bond donors (Lipinski definition) is 0. The van der Waals surface area contributed by atoms with Crippen LogP contribution in [0.25, 0.3) is 0 Å². The Morgan fingerprint density at radius 3 is 2.00 bits per heavy atom. The molecule has 0 radical (unpaired) electrons. The topological polar surface area (TPSA) is 54.5 Å². The molecule has 4 nitrogen and oxygen atoms in total. The number of carbonyl (C=O) groups is 3. The number of benzene rings is 1. The van der Waals surface area contributed by atoms with E-state index in [0.717, 1.165) is 4.90 Å². The van der Waals surface area contributed by atoms with Crippen molar-refractivity contribution in [3.8, 4) is 0 Å². The molecule has 0 unspecified atom stereocenters. The van der Waals surface area contributed by atoms with Crippen LogP contribution in [0.2, 0.25) is 0 Å². The summed E-state index contributed by atoms with van der Waals surface area (Å²) in [6.07, 6.45) is 0. The third-order valence-electron chi connectivity index (χ3n) is 2.55. The standard InChI is InChI=1S/C15H17NO3/c1-10(2)14(18)16(11(3)4)15(19)13(17)12-8-6-5-7-9-12/h5-9,11H,1H2,2-4H3. The molecular weight excluding hydrogens is 242 g/mol. The Bertz CT molecular complexity index is 517. The molecule has 0 N–H and O–H groups in total. The van der Waals surface area contributed by atoms with Crippen LogP contribution in [0.3, 0.4) is 0 Å². The minimum absolute atomic E-state index is 0.225. The van der Waals surface area contributed by atoms with Crippen LogP contribution >= 0.6 is 0 Å². The van der Waals surface area contributed by atoms with E-state index in [-0.39, 0.29) is 11.1 Å². The molecule has 0 saturated heterocycles. The maximum Gasteiger partial charge on any atom is 0.302 e. The molecule has 0 aliphatic heterocycles. The van der Waals surface area contributed by atoms with Gasteiger partial charge in [0.25, 0.3) is 11.7 Å². The normalized spacial score (nSPS) is 10.1. The lowest BCUT2D eigenvalue weighted by Crippen LogP contribution is -2.45. The molecule has 4 heteroatoms. The number of hydrogen-bond acceptors (Lipinski definition) is 3. The Labute approximate surface area is 112 Å². The Kier molecular flexibility index (Phi) is 4.75. The summed E-state index contributed by atoms with van der Waals surface area (Å²) in [6, 6.07) is 7.78. The number of nitrogens with zero attached hydrogens (tertiary/aromatic N) is 1. The lowest BCUT2D eigenvalue weighted by atomic mass is 10.1. The molecule has 0 saturated carbocycles. The minimum atomic E-state index is -0.825. The summed E-state index contributed by atoms with van der Waals surface area (Å²) in [4.78, 5) is 37.0. The van der Waals surface area contributed by atoms with Crippen LogP contribution in [-0.4, -0.2) is 28.5 Å². The lowest BCUT2D eigenvalue weighted by molar-refractivity contribution is -0.141. The maximum atomic E-state index is 12.1. The first-order chi connectivity index (χ1) is 8.86. The van der Waals surface area contributed by atoms with Gasteiger partial charge >= 0.3 is 5.91 Å². The zero-order chi connectivity index (χ0) is 14.6. The second-order valence-corrected chi connectivity index (χ2v) is 4.55. The fourth-order valence-corrected chi connectivity index (χ4v) is 1.59. The van der Waals surface area contributed by atoms with Crippen LogP contribution in [0.1, 0.15) is 31.1 Å². The molecule has 19 heavy (non-hydrogen) atoms. The quantitative estimate of drug-likeness (QED) is 0.473. The van der Waals surface area contributed by atoms with Crippen molar-refractivity contribution in [3.05, 3.63) is 48.0 Å². The summed E-state index contributed by atoms with van der Waals surface area (Å²) in [5.74, 6) is -2.04. The van der Waals surface area contributed by atoms with Crippen molar-refractivity contribution < 1.29 is 14.4 Å². The first-order valence-electron chi connectivity index (χ1n) is 5.99. The Hall–Kier alpha value is -2.23. The fourth-order valence-electron chi connectivity index (χ4n) is 1.59. The molecule has 100 valence electrons. The van der Waals surface area contributed by atoms with Crippen molar-refractivity contribution in [2.24, 2.45) is 0 Å². The predicted octanol–water partition coefficient (Wildman–Crippen LogP) is 2.21. The first-order valence-corrected chi connectivity index (χ1v) is 5.99. The van der Waals surface area contributed by atoms with Gasteiger partial charge in [-0.25, -0.2) is 0 Å². The van der Waals surface area contributed by atoms with Gasteiger partial charge in [0.2, 0.25) is 0 Å². The van der Waals surface area contributed by atoms with Crippen LogP contribution in [0.15, 0.2) is 42.5 Å². The lowest BCUT2D eigenvalue weighted by Gasteiger charge is -2.24. The molecule has 1 aromatic carbocycles. The molecule has 2 amide bonds. The zero-order valence-corrected chi connectivity index (χ0v) is 11.3. The molecule has 0 spiro atoms. The summed E-state index contributed by atoms with van der Waals surface area (Å²) in [5.41, 5.74) is 0.496. The maximum absolute atomic E-state index is 12.1. The smallest absolute Gasteiger partial charge is 0.283 e. The largest absolute Gasteiger partial charge is 0.302 e. The molecule has 0 bridgehead atoms. The second-order valence-electron chi connectivity index (χ2n) is 4.55. The van der Waals surface area contributed by atoms with Crippen LogP contribution in [0, 0.1) is 0 Å². The molecule has 0 atom stereocenters.